The molecule has 0 radical (unpaired) electrons. The molecule has 0 aliphatic carbocycles. The largest absolute Gasteiger partial charge is 0.344 e. The summed E-state index contributed by atoms with van der Waals surface area (Å²) in [5.41, 5.74) is 1.36. The number of rotatable bonds is 1. The van der Waals surface area contributed by atoms with Crippen molar-refractivity contribution in [3.63, 3.8) is 0 Å². The van der Waals surface area contributed by atoms with Crippen molar-refractivity contribution in [2.75, 3.05) is 13.6 Å². The van der Waals surface area contributed by atoms with Gasteiger partial charge in [-0.3, -0.25) is 14.9 Å². The van der Waals surface area contributed by atoms with Crippen molar-refractivity contribution in [2.45, 2.75) is 18.9 Å². The fourth-order valence-electron chi connectivity index (χ4n) is 2.22. The smallest absolute Gasteiger partial charge is 0.0360 e. The number of likely N-dealkylation sites (tertiary alicyclic amines) is 1. The number of aromatic nitrogens is 2. The van der Waals surface area contributed by atoms with Gasteiger partial charge >= 0.3 is 0 Å². The molecule has 0 unspecified atom stereocenters. The number of nitrogens with zero attached hydrogens (tertiary/aromatic N) is 3. The molecule has 4 nitrogen and oxygen atoms in total. The van der Waals surface area contributed by atoms with Gasteiger partial charge in [0, 0.05) is 30.8 Å². The van der Waals surface area contributed by atoms with Gasteiger partial charge in [0.2, 0.25) is 0 Å². The van der Waals surface area contributed by atoms with Gasteiger partial charge in [-0.05, 0) is 50.2 Å². The van der Waals surface area contributed by atoms with Crippen LogP contribution in [0.5, 0.6) is 0 Å². The standard InChI is InChI=1S/C10H14N2.C5H5N.H3N/c1-12-7-3-5-10(12)9-4-2-6-11-8-9;1-2-4-6-5-3-1;/h2,4,6,8,10H,3,5,7H2,1H3;1-5H;1H3/t10-;;/m0../s1. The summed E-state index contributed by atoms with van der Waals surface area (Å²) in [5, 5.41) is 0. The Balaban J connectivity index is 0.000000220. The summed E-state index contributed by atoms with van der Waals surface area (Å²) in [6, 6.07) is 10.5. The van der Waals surface area contributed by atoms with Crippen LogP contribution in [-0.2, 0) is 0 Å². The fraction of sp³-hybridized carbons (Fsp3) is 0.333. The molecule has 4 heteroatoms. The Labute approximate surface area is 115 Å². The molecule has 0 amide bonds. The lowest BCUT2D eigenvalue weighted by Crippen LogP contribution is -2.17. The zero-order chi connectivity index (χ0) is 12.6. The minimum absolute atomic E-state index is 0. The van der Waals surface area contributed by atoms with Crippen molar-refractivity contribution in [1.82, 2.24) is 21.0 Å². The van der Waals surface area contributed by atoms with E-state index in [9.17, 15) is 0 Å². The number of hydrogen-bond donors (Lipinski definition) is 1. The van der Waals surface area contributed by atoms with E-state index in [0.29, 0.717) is 6.04 Å². The predicted octanol–water partition coefficient (Wildman–Crippen LogP) is 3.09. The van der Waals surface area contributed by atoms with Crippen molar-refractivity contribution >= 4 is 0 Å². The lowest BCUT2D eigenvalue weighted by atomic mass is 10.1. The highest BCUT2D eigenvalue weighted by molar-refractivity contribution is 5.14. The Hall–Kier alpha value is -1.78. The minimum atomic E-state index is 0. The van der Waals surface area contributed by atoms with Crippen molar-refractivity contribution < 1.29 is 0 Å². The second-order valence-corrected chi connectivity index (χ2v) is 4.45. The van der Waals surface area contributed by atoms with E-state index in [-0.39, 0.29) is 6.15 Å². The number of pyridine rings is 2. The van der Waals surface area contributed by atoms with Crippen LogP contribution in [0.25, 0.3) is 0 Å². The summed E-state index contributed by atoms with van der Waals surface area (Å²) in [7, 11) is 2.19. The van der Waals surface area contributed by atoms with Crippen LogP contribution in [0.2, 0.25) is 0 Å². The first-order chi connectivity index (χ1) is 8.88. The molecule has 0 aromatic carbocycles. The Morgan fingerprint density at radius 1 is 1.05 bits per heavy atom. The van der Waals surface area contributed by atoms with Crippen LogP contribution in [0.1, 0.15) is 24.4 Å². The fourth-order valence-corrected chi connectivity index (χ4v) is 2.22. The molecule has 1 atom stereocenters. The maximum atomic E-state index is 4.14. The molecule has 0 spiro atoms. The third kappa shape index (κ3) is 4.77. The predicted molar refractivity (Wildman–Crippen MR) is 78.1 cm³/mol. The van der Waals surface area contributed by atoms with Crippen LogP contribution in [0.15, 0.2) is 55.1 Å². The highest BCUT2D eigenvalue weighted by Crippen LogP contribution is 2.29. The molecule has 1 fully saturated rings. The molecular formula is C15H22N4. The quantitative estimate of drug-likeness (QED) is 0.853. The lowest BCUT2D eigenvalue weighted by Gasteiger charge is -2.18. The zero-order valence-electron chi connectivity index (χ0n) is 11.4. The van der Waals surface area contributed by atoms with E-state index in [0.717, 1.165) is 0 Å². The first kappa shape index (κ1) is 15.3. The van der Waals surface area contributed by atoms with Crippen LogP contribution in [0.4, 0.5) is 0 Å². The summed E-state index contributed by atoms with van der Waals surface area (Å²) in [6.07, 6.45) is 9.91. The third-order valence-electron chi connectivity index (χ3n) is 3.16. The van der Waals surface area contributed by atoms with Crippen molar-refractivity contribution in [3.05, 3.63) is 60.7 Å². The second-order valence-electron chi connectivity index (χ2n) is 4.45. The molecule has 2 aromatic heterocycles. The topological polar surface area (TPSA) is 64.0 Å². The monoisotopic (exact) mass is 258 g/mol. The van der Waals surface area contributed by atoms with Crippen molar-refractivity contribution in [3.8, 4) is 0 Å². The van der Waals surface area contributed by atoms with Gasteiger partial charge in [0.1, 0.15) is 0 Å². The molecule has 19 heavy (non-hydrogen) atoms. The molecule has 0 bridgehead atoms. The van der Waals surface area contributed by atoms with Gasteiger partial charge in [0.15, 0.2) is 0 Å². The Morgan fingerprint density at radius 3 is 2.21 bits per heavy atom. The van der Waals surface area contributed by atoms with Crippen LogP contribution in [0.3, 0.4) is 0 Å². The average molecular weight is 258 g/mol. The lowest BCUT2D eigenvalue weighted by molar-refractivity contribution is 0.317. The summed E-state index contributed by atoms with van der Waals surface area (Å²) in [5.74, 6) is 0. The zero-order valence-corrected chi connectivity index (χ0v) is 11.4. The van der Waals surface area contributed by atoms with Crippen molar-refractivity contribution in [2.24, 2.45) is 0 Å². The summed E-state index contributed by atoms with van der Waals surface area (Å²) < 4.78 is 0. The third-order valence-corrected chi connectivity index (χ3v) is 3.16. The Bertz CT molecular complexity index is 406. The van der Waals surface area contributed by atoms with Gasteiger partial charge in [0.25, 0.3) is 0 Å². The highest BCUT2D eigenvalue weighted by atomic mass is 15.1. The molecule has 2 aromatic rings. The van der Waals surface area contributed by atoms with Gasteiger partial charge in [-0.1, -0.05) is 12.1 Å². The first-order valence-corrected chi connectivity index (χ1v) is 6.33. The molecule has 1 aliphatic rings. The van der Waals surface area contributed by atoms with E-state index in [4.69, 9.17) is 0 Å². The first-order valence-electron chi connectivity index (χ1n) is 6.33. The van der Waals surface area contributed by atoms with Gasteiger partial charge in [0.05, 0.1) is 0 Å². The summed E-state index contributed by atoms with van der Waals surface area (Å²) >= 11 is 0. The van der Waals surface area contributed by atoms with Gasteiger partial charge in [-0.15, -0.1) is 0 Å². The highest BCUT2D eigenvalue weighted by Gasteiger charge is 2.21. The summed E-state index contributed by atoms with van der Waals surface area (Å²) in [4.78, 5) is 10.3. The van der Waals surface area contributed by atoms with Crippen molar-refractivity contribution in [1.29, 1.82) is 0 Å². The molecule has 0 saturated carbocycles. The maximum absolute atomic E-state index is 4.14. The molecule has 3 heterocycles. The Kier molecular flexibility index (Phi) is 6.71. The maximum Gasteiger partial charge on any atom is 0.0360 e. The SMILES string of the molecule is CN1CCC[C@H]1c1cccnc1.N.c1ccncc1. The summed E-state index contributed by atoms with van der Waals surface area (Å²) in [6.45, 7) is 1.22. The van der Waals surface area contributed by atoms with E-state index < -0.39 is 0 Å². The van der Waals surface area contributed by atoms with Crippen LogP contribution < -0.4 is 6.15 Å². The van der Waals surface area contributed by atoms with Crippen LogP contribution in [-0.4, -0.2) is 28.5 Å². The minimum Gasteiger partial charge on any atom is -0.344 e. The normalized spacial score (nSPS) is 18.1. The molecule has 102 valence electrons. The number of hydrogen-bond acceptors (Lipinski definition) is 4. The van der Waals surface area contributed by atoms with Crippen LogP contribution >= 0.6 is 0 Å². The molecule has 1 aliphatic heterocycles. The molecule has 3 rings (SSSR count). The second kappa shape index (κ2) is 8.34. The van der Waals surface area contributed by atoms with E-state index in [2.05, 4.69) is 28.0 Å². The van der Waals surface area contributed by atoms with Gasteiger partial charge < -0.3 is 6.15 Å². The Morgan fingerprint density at radius 2 is 1.79 bits per heavy atom. The van der Waals surface area contributed by atoms with Crippen LogP contribution in [0, 0.1) is 0 Å². The van der Waals surface area contributed by atoms with E-state index in [1.165, 1.54) is 24.9 Å². The average Bonchev–Trinajstić information content (AvgIpc) is 2.89. The molecule has 3 N–H and O–H groups in total. The van der Waals surface area contributed by atoms with E-state index in [1.54, 1.807) is 12.4 Å². The van der Waals surface area contributed by atoms with Gasteiger partial charge in [-0.2, -0.15) is 0 Å². The molecular weight excluding hydrogens is 236 g/mol. The van der Waals surface area contributed by atoms with E-state index in [1.807, 2.05) is 36.7 Å². The molecule has 1 saturated heterocycles. The van der Waals surface area contributed by atoms with E-state index >= 15 is 0 Å². The van der Waals surface area contributed by atoms with Gasteiger partial charge in [-0.25, -0.2) is 0 Å².